The van der Waals surface area contributed by atoms with Crippen LogP contribution in [0.4, 0.5) is 0 Å². The largest absolute Gasteiger partial charge is 0.481 e. The van der Waals surface area contributed by atoms with Gasteiger partial charge < -0.3 is 10.0 Å². The Hall–Kier alpha value is -1.36. The molecule has 0 bridgehead atoms. The number of rotatable bonds is 5. The first-order chi connectivity index (χ1) is 9.95. The molecule has 0 saturated heterocycles. The van der Waals surface area contributed by atoms with Gasteiger partial charge in [-0.2, -0.15) is 0 Å². The van der Waals surface area contributed by atoms with Gasteiger partial charge in [0.15, 0.2) is 0 Å². The third-order valence-electron chi connectivity index (χ3n) is 4.25. The Morgan fingerprint density at radius 2 is 2.00 bits per heavy atom. The Morgan fingerprint density at radius 3 is 2.57 bits per heavy atom. The van der Waals surface area contributed by atoms with Gasteiger partial charge in [-0.1, -0.05) is 40.9 Å². The molecule has 0 aliphatic heterocycles. The van der Waals surface area contributed by atoms with Crippen LogP contribution in [0.15, 0.2) is 28.7 Å². The maximum absolute atomic E-state index is 12.9. The van der Waals surface area contributed by atoms with Crippen LogP contribution in [0.25, 0.3) is 0 Å². The second kappa shape index (κ2) is 6.60. The average molecular weight is 354 g/mol. The summed E-state index contributed by atoms with van der Waals surface area (Å²) < 4.78 is 0.965. The lowest BCUT2D eigenvalue weighted by Gasteiger charge is -2.33. The van der Waals surface area contributed by atoms with E-state index in [1.165, 1.54) is 0 Å². The van der Waals surface area contributed by atoms with E-state index in [4.69, 9.17) is 5.11 Å². The summed E-state index contributed by atoms with van der Waals surface area (Å²) in [7, 11) is 1.70. The van der Waals surface area contributed by atoms with E-state index in [2.05, 4.69) is 15.9 Å². The SMILES string of the molecule is CN(CCC(=O)O)C(=O)C1(c2cccc(Br)c2)CCCC1. The number of carboxylic acid groups (broad SMARTS) is 1. The third-order valence-corrected chi connectivity index (χ3v) is 4.74. The van der Waals surface area contributed by atoms with Gasteiger partial charge in [0.1, 0.15) is 0 Å². The minimum Gasteiger partial charge on any atom is -0.481 e. The molecule has 1 aliphatic carbocycles. The van der Waals surface area contributed by atoms with Crippen LogP contribution in [0.3, 0.4) is 0 Å². The topological polar surface area (TPSA) is 57.6 Å². The predicted octanol–water partition coefficient (Wildman–Crippen LogP) is 3.19. The maximum Gasteiger partial charge on any atom is 0.305 e. The lowest BCUT2D eigenvalue weighted by atomic mass is 9.77. The van der Waals surface area contributed by atoms with Crippen molar-refractivity contribution >= 4 is 27.8 Å². The van der Waals surface area contributed by atoms with Gasteiger partial charge in [0.25, 0.3) is 0 Å². The molecule has 1 amide bonds. The molecule has 0 atom stereocenters. The van der Waals surface area contributed by atoms with Crippen LogP contribution >= 0.6 is 15.9 Å². The fourth-order valence-electron chi connectivity index (χ4n) is 3.12. The van der Waals surface area contributed by atoms with E-state index >= 15 is 0 Å². The van der Waals surface area contributed by atoms with Crippen molar-refractivity contribution in [2.75, 3.05) is 13.6 Å². The molecule has 1 fully saturated rings. The Kier molecular flexibility index (Phi) is 5.04. The molecule has 1 aromatic rings. The van der Waals surface area contributed by atoms with Crippen molar-refractivity contribution in [3.63, 3.8) is 0 Å². The van der Waals surface area contributed by atoms with Crippen molar-refractivity contribution < 1.29 is 14.7 Å². The highest BCUT2D eigenvalue weighted by Gasteiger charge is 2.44. The number of amides is 1. The fourth-order valence-corrected chi connectivity index (χ4v) is 3.52. The molecule has 0 unspecified atom stereocenters. The smallest absolute Gasteiger partial charge is 0.305 e. The minimum atomic E-state index is -0.877. The summed E-state index contributed by atoms with van der Waals surface area (Å²) in [4.78, 5) is 25.2. The number of carboxylic acids is 1. The lowest BCUT2D eigenvalue weighted by Crippen LogP contribution is -2.44. The van der Waals surface area contributed by atoms with E-state index in [0.717, 1.165) is 35.7 Å². The normalized spacial score (nSPS) is 16.7. The molecule has 2 rings (SSSR count). The first-order valence-corrected chi connectivity index (χ1v) is 7.98. The number of likely N-dealkylation sites (N-methyl/N-ethyl adjacent to an activating group) is 1. The summed E-state index contributed by atoms with van der Waals surface area (Å²) in [5.74, 6) is -0.836. The van der Waals surface area contributed by atoms with Crippen LogP contribution in [-0.4, -0.2) is 35.5 Å². The zero-order valence-corrected chi connectivity index (χ0v) is 13.7. The maximum atomic E-state index is 12.9. The van der Waals surface area contributed by atoms with Crippen molar-refractivity contribution in [1.29, 1.82) is 0 Å². The first kappa shape index (κ1) is 16.0. The van der Waals surface area contributed by atoms with Gasteiger partial charge in [-0.15, -0.1) is 0 Å². The van der Waals surface area contributed by atoms with Crippen LogP contribution in [0.1, 0.15) is 37.7 Å². The average Bonchev–Trinajstić information content (AvgIpc) is 2.94. The van der Waals surface area contributed by atoms with Gasteiger partial charge in [0, 0.05) is 18.1 Å². The van der Waals surface area contributed by atoms with E-state index < -0.39 is 11.4 Å². The Bertz CT molecular complexity index is 538. The van der Waals surface area contributed by atoms with Gasteiger partial charge in [0.05, 0.1) is 11.8 Å². The molecule has 0 aromatic heterocycles. The van der Waals surface area contributed by atoms with Gasteiger partial charge in [0.2, 0.25) is 5.91 Å². The predicted molar refractivity (Wildman–Crippen MR) is 84.2 cm³/mol. The van der Waals surface area contributed by atoms with Crippen LogP contribution in [-0.2, 0) is 15.0 Å². The molecule has 4 nitrogen and oxygen atoms in total. The second-order valence-corrected chi connectivity index (χ2v) is 6.59. The van der Waals surface area contributed by atoms with Crippen LogP contribution < -0.4 is 0 Å². The quantitative estimate of drug-likeness (QED) is 0.884. The fraction of sp³-hybridized carbons (Fsp3) is 0.500. The van der Waals surface area contributed by atoms with E-state index in [-0.39, 0.29) is 18.9 Å². The molecule has 1 aliphatic rings. The molecule has 5 heteroatoms. The van der Waals surface area contributed by atoms with Crippen molar-refractivity contribution in [2.45, 2.75) is 37.5 Å². The molecular weight excluding hydrogens is 334 g/mol. The number of benzene rings is 1. The molecule has 1 saturated carbocycles. The number of hydrogen-bond donors (Lipinski definition) is 1. The highest BCUT2D eigenvalue weighted by atomic mass is 79.9. The zero-order chi connectivity index (χ0) is 15.5. The molecule has 0 heterocycles. The zero-order valence-electron chi connectivity index (χ0n) is 12.1. The van der Waals surface area contributed by atoms with Crippen LogP contribution in [0.2, 0.25) is 0 Å². The molecule has 21 heavy (non-hydrogen) atoms. The summed E-state index contributed by atoms with van der Waals surface area (Å²) in [5.41, 5.74) is 0.540. The van der Waals surface area contributed by atoms with Crippen LogP contribution in [0.5, 0.6) is 0 Å². The molecule has 1 N–H and O–H groups in total. The number of aliphatic carboxylic acids is 1. The first-order valence-electron chi connectivity index (χ1n) is 7.19. The Morgan fingerprint density at radius 1 is 1.33 bits per heavy atom. The number of halogens is 1. The van der Waals surface area contributed by atoms with E-state index in [0.29, 0.717) is 0 Å². The van der Waals surface area contributed by atoms with Gasteiger partial charge in [-0.3, -0.25) is 9.59 Å². The molecule has 0 spiro atoms. The highest BCUT2D eigenvalue weighted by Crippen LogP contribution is 2.43. The third kappa shape index (κ3) is 3.46. The van der Waals surface area contributed by atoms with E-state index in [9.17, 15) is 9.59 Å². The number of nitrogens with zero attached hydrogens (tertiary/aromatic N) is 1. The molecule has 1 aromatic carbocycles. The molecular formula is C16H20BrNO3. The summed E-state index contributed by atoms with van der Waals surface area (Å²) in [6.45, 7) is 0.254. The number of carbonyl (C=O) groups excluding carboxylic acids is 1. The van der Waals surface area contributed by atoms with Crippen molar-refractivity contribution in [3.05, 3.63) is 34.3 Å². The summed E-state index contributed by atoms with van der Waals surface area (Å²) in [6.07, 6.45) is 3.71. The van der Waals surface area contributed by atoms with Crippen molar-refractivity contribution in [1.82, 2.24) is 4.90 Å². The summed E-state index contributed by atoms with van der Waals surface area (Å²) >= 11 is 3.47. The summed E-state index contributed by atoms with van der Waals surface area (Å²) in [5, 5.41) is 8.78. The summed E-state index contributed by atoms with van der Waals surface area (Å²) in [6, 6.07) is 7.90. The minimum absolute atomic E-state index is 0.0171. The Labute approximate surface area is 133 Å². The standard InChI is InChI=1S/C16H20BrNO3/c1-18(10-7-14(19)20)15(21)16(8-2-3-9-16)12-5-4-6-13(17)11-12/h4-6,11H,2-3,7-10H2,1H3,(H,19,20). The number of hydrogen-bond acceptors (Lipinski definition) is 2. The number of carbonyl (C=O) groups is 2. The van der Waals surface area contributed by atoms with Crippen molar-refractivity contribution in [2.24, 2.45) is 0 Å². The van der Waals surface area contributed by atoms with Gasteiger partial charge in [-0.05, 0) is 30.5 Å². The lowest BCUT2D eigenvalue weighted by molar-refractivity contribution is -0.139. The monoisotopic (exact) mass is 353 g/mol. The second-order valence-electron chi connectivity index (χ2n) is 5.67. The van der Waals surface area contributed by atoms with E-state index in [1.54, 1.807) is 11.9 Å². The van der Waals surface area contributed by atoms with E-state index in [1.807, 2.05) is 24.3 Å². The van der Waals surface area contributed by atoms with Gasteiger partial charge in [-0.25, -0.2) is 0 Å². The Balaban J connectivity index is 2.25. The highest BCUT2D eigenvalue weighted by molar-refractivity contribution is 9.10. The molecule has 114 valence electrons. The van der Waals surface area contributed by atoms with Gasteiger partial charge >= 0.3 is 5.97 Å². The van der Waals surface area contributed by atoms with Crippen LogP contribution in [0, 0.1) is 0 Å². The van der Waals surface area contributed by atoms with Crippen molar-refractivity contribution in [3.8, 4) is 0 Å². The molecule has 0 radical (unpaired) electrons.